The van der Waals surface area contributed by atoms with Crippen molar-refractivity contribution in [2.45, 2.75) is 32.9 Å². The Bertz CT molecular complexity index is 275. The molecule has 0 aliphatic carbocycles. The van der Waals surface area contributed by atoms with Crippen LogP contribution in [0.4, 0.5) is 0 Å². The fourth-order valence-corrected chi connectivity index (χ4v) is 1.02. The number of likely N-dealkylation sites (N-methyl/N-ethyl adjacent to an activating group) is 1. The van der Waals surface area contributed by atoms with E-state index in [2.05, 4.69) is 10.1 Å². The first kappa shape index (κ1) is 11.1. The van der Waals surface area contributed by atoms with E-state index < -0.39 is 0 Å². The van der Waals surface area contributed by atoms with Crippen molar-refractivity contribution < 1.29 is 9.63 Å². The fraction of sp³-hybridized carbons (Fsp3) is 0.778. The summed E-state index contributed by atoms with van der Waals surface area (Å²) >= 11 is 0. The smallest absolute Gasteiger partial charge is 0.226 e. The summed E-state index contributed by atoms with van der Waals surface area (Å²) < 4.78 is 4.98. The van der Waals surface area contributed by atoms with Crippen LogP contribution in [0.25, 0.3) is 0 Å². The summed E-state index contributed by atoms with van der Waals surface area (Å²) in [6.45, 7) is 4.65. The third-order valence-corrected chi connectivity index (χ3v) is 2.22. The van der Waals surface area contributed by atoms with Crippen molar-refractivity contribution in [2.24, 2.45) is 0 Å². The maximum absolute atomic E-state index is 8.93. The molecule has 0 aliphatic heterocycles. The third kappa shape index (κ3) is 2.78. The Kier molecular flexibility index (Phi) is 4.03. The monoisotopic (exact) mass is 199 g/mol. The van der Waals surface area contributed by atoms with Gasteiger partial charge in [0.15, 0.2) is 5.82 Å². The van der Waals surface area contributed by atoms with E-state index in [-0.39, 0.29) is 12.6 Å². The van der Waals surface area contributed by atoms with Crippen LogP contribution in [0.5, 0.6) is 0 Å². The van der Waals surface area contributed by atoms with Crippen LogP contribution in [0, 0.1) is 0 Å². The number of aryl methyl sites for hydroxylation is 1. The van der Waals surface area contributed by atoms with Gasteiger partial charge in [0.1, 0.15) is 0 Å². The fourth-order valence-electron chi connectivity index (χ4n) is 1.02. The minimum absolute atomic E-state index is 0.110. The van der Waals surface area contributed by atoms with Crippen LogP contribution in [-0.4, -0.2) is 39.8 Å². The molecule has 0 saturated carbocycles. The highest BCUT2D eigenvalue weighted by Gasteiger charge is 2.11. The normalized spacial score (nSPS) is 13.5. The second kappa shape index (κ2) is 5.07. The van der Waals surface area contributed by atoms with Crippen molar-refractivity contribution in [2.75, 3.05) is 13.7 Å². The van der Waals surface area contributed by atoms with Crippen LogP contribution in [0.3, 0.4) is 0 Å². The number of hydrogen-bond acceptors (Lipinski definition) is 5. The lowest BCUT2D eigenvalue weighted by molar-refractivity contribution is 0.150. The quantitative estimate of drug-likeness (QED) is 0.745. The van der Waals surface area contributed by atoms with Gasteiger partial charge < -0.3 is 9.63 Å². The largest absolute Gasteiger partial charge is 0.395 e. The SMILES string of the molecule is CCc1nc(CN(C)C(C)CO)no1. The average molecular weight is 199 g/mol. The van der Waals surface area contributed by atoms with Crippen molar-refractivity contribution >= 4 is 0 Å². The Morgan fingerprint density at radius 1 is 1.57 bits per heavy atom. The number of hydrogen-bond donors (Lipinski definition) is 1. The molecule has 0 spiro atoms. The van der Waals surface area contributed by atoms with Gasteiger partial charge in [0.2, 0.25) is 5.89 Å². The van der Waals surface area contributed by atoms with Crippen LogP contribution in [0.1, 0.15) is 25.6 Å². The van der Waals surface area contributed by atoms with E-state index in [1.54, 1.807) is 0 Å². The van der Waals surface area contributed by atoms with Gasteiger partial charge >= 0.3 is 0 Å². The molecule has 1 unspecified atom stereocenters. The van der Waals surface area contributed by atoms with Crippen LogP contribution < -0.4 is 0 Å². The van der Waals surface area contributed by atoms with Gasteiger partial charge in [-0.3, -0.25) is 4.90 Å². The van der Waals surface area contributed by atoms with Crippen LogP contribution in [-0.2, 0) is 13.0 Å². The maximum atomic E-state index is 8.93. The first-order valence-corrected chi connectivity index (χ1v) is 4.80. The second-order valence-corrected chi connectivity index (χ2v) is 3.40. The summed E-state index contributed by atoms with van der Waals surface area (Å²) in [6.07, 6.45) is 0.756. The van der Waals surface area contributed by atoms with Gasteiger partial charge in [0.25, 0.3) is 0 Å². The molecule has 80 valence electrons. The summed E-state index contributed by atoms with van der Waals surface area (Å²) in [7, 11) is 1.92. The topological polar surface area (TPSA) is 62.4 Å². The lowest BCUT2D eigenvalue weighted by Gasteiger charge is -2.20. The Morgan fingerprint density at radius 3 is 2.79 bits per heavy atom. The molecule has 0 aromatic carbocycles. The molecule has 0 fully saturated rings. The summed E-state index contributed by atoms with van der Waals surface area (Å²) in [5.41, 5.74) is 0. The van der Waals surface area contributed by atoms with E-state index in [0.717, 1.165) is 6.42 Å². The molecular weight excluding hydrogens is 182 g/mol. The molecule has 1 aromatic rings. The minimum Gasteiger partial charge on any atom is -0.395 e. The molecule has 1 atom stereocenters. The number of aliphatic hydroxyl groups is 1. The van der Waals surface area contributed by atoms with Gasteiger partial charge in [0.05, 0.1) is 13.2 Å². The van der Waals surface area contributed by atoms with Crippen LogP contribution in [0.2, 0.25) is 0 Å². The minimum atomic E-state index is 0.110. The van der Waals surface area contributed by atoms with Crippen molar-refractivity contribution in [1.29, 1.82) is 0 Å². The van der Waals surface area contributed by atoms with Gasteiger partial charge in [-0.1, -0.05) is 12.1 Å². The molecule has 0 radical (unpaired) electrons. The molecule has 14 heavy (non-hydrogen) atoms. The molecule has 5 heteroatoms. The summed E-state index contributed by atoms with van der Waals surface area (Å²) in [6, 6.07) is 0.110. The Hall–Kier alpha value is -0.940. The summed E-state index contributed by atoms with van der Waals surface area (Å²) in [5, 5.41) is 12.8. The average Bonchev–Trinajstić information content (AvgIpc) is 2.64. The predicted molar refractivity (Wildman–Crippen MR) is 51.7 cm³/mol. The summed E-state index contributed by atoms with van der Waals surface area (Å²) in [4.78, 5) is 6.16. The zero-order chi connectivity index (χ0) is 10.6. The van der Waals surface area contributed by atoms with E-state index in [1.165, 1.54) is 0 Å². The van der Waals surface area contributed by atoms with Gasteiger partial charge in [-0.05, 0) is 14.0 Å². The lowest BCUT2D eigenvalue weighted by atomic mass is 10.3. The van der Waals surface area contributed by atoms with Crippen molar-refractivity contribution in [3.05, 3.63) is 11.7 Å². The standard InChI is InChI=1S/C9H17N3O2/c1-4-9-10-8(11-14-9)5-12(3)7(2)6-13/h7,13H,4-6H2,1-3H3. The van der Waals surface area contributed by atoms with Gasteiger partial charge in [-0.25, -0.2) is 0 Å². The lowest BCUT2D eigenvalue weighted by Crippen LogP contribution is -2.31. The second-order valence-electron chi connectivity index (χ2n) is 3.40. The predicted octanol–water partition coefficient (Wildman–Crippen LogP) is 0.445. The molecule has 0 aliphatic rings. The molecule has 1 heterocycles. The molecular formula is C9H17N3O2. The zero-order valence-corrected chi connectivity index (χ0v) is 8.90. The van der Waals surface area contributed by atoms with Gasteiger partial charge in [-0.2, -0.15) is 4.98 Å². The zero-order valence-electron chi connectivity index (χ0n) is 8.90. The Balaban J connectivity index is 2.51. The maximum Gasteiger partial charge on any atom is 0.226 e. The Morgan fingerprint density at radius 2 is 2.29 bits per heavy atom. The molecule has 0 bridgehead atoms. The molecule has 1 aromatic heterocycles. The van der Waals surface area contributed by atoms with E-state index >= 15 is 0 Å². The number of aliphatic hydroxyl groups excluding tert-OH is 1. The van der Waals surface area contributed by atoms with Crippen molar-refractivity contribution in [1.82, 2.24) is 15.0 Å². The summed E-state index contributed by atoms with van der Waals surface area (Å²) in [5.74, 6) is 1.33. The van der Waals surface area contributed by atoms with Gasteiger partial charge in [0, 0.05) is 12.5 Å². The highest BCUT2D eigenvalue weighted by Crippen LogP contribution is 2.03. The van der Waals surface area contributed by atoms with E-state index in [1.807, 2.05) is 25.8 Å². The number of nitrogens with zero attached hydrogens (tertiary/aromatic N) is 3. The highest BCUT2D eigenvalue weighted by atomic mass is 16.5. The van der Waals surface area contributed by atoms with Gasteiger partial charge in [-0.15, -0.1) is 0 Å². The van der Waals surface area contributed by atoms with Crippen LogP contribution in [0.15, 0.2) is 4.52 Å². The van der Waals surface area contributed by atoms with E-state index in [0.29, 0.717) is 18.3 Å². The molecule has 0 amide bonds. The van der Waals surface area contributed by atoms with E-state index in [9.17, 15) is 0 Å². The molecule has 5 nitrogen and oxygen atoms in total. The number of rotatable bonds is 5. The molecule has 0 saturated heterocycles. The highest BCUT2D eigenvalue weighted by molar-refractivity contribution is 4.86. The third-order valence-electron chi connectivity index (χ3n) is 2.22. The first-order chi connectivity index (χ1) is 6.67. The van der Waals surface area contributed by atoms with E-state index in [4.69, 9.17) is 9.63 Å². The number of aromatic nitrogens is 2. The molecule has 1 rings (SSSR count). The first-order valence-electron chi connectivity index (χ1n) is 4.80. The van der Waals surface area contributed by atoms with Crippen LogP contribution >= 0.6 is 0 Å². The Labute approximate surface area is 83.7 Å². The molecule has 1 N–H and O–H groups in total. The van der Waals surface area contributed by atoms with Crippen molar-refractivity contribution in [3.8, 4) is 0 Å². The van der Waals surface area contributed by atoms with Crippen molar-refractivity contribution in [3.63, 3.8) is 0 Å².